The van der Waals surface area contributed by atoms with E-state index in [1.54, 1.807) is 6.92 Å². The summed E-state index contributed by atoms with van der Waals surface area (Å²) in [7, 11) is 0. The third kappa shape index (κ3) is 3.03. The van der Waals surface area contributed by atoms with Gasteiger partial charge in [0.2, 0.25) is 5.82 Å². The lowest BCUT2D eigenvalue weighted by molar-refractivity contribution is 0.0918. The minimum absolute atomic E-state index is 0.0430. The molecule has 1 aromatic heterocycles. The van der Waals surface area contributed by atoms with E-state index in [1.165, 1.54) is 6.42 Å². The smallest absolute Gasteiger partial charge is 0.291 e. The highest BCUT2D eigenvalue weighted by molar-refractivity contribution is 5.90. The van der Waals surface area contributed by atoms with Crippen LogP contribution in [-0.4, -0.2) is 33.2 Å². The first-order valence-electron chi connectivity index (χ1n) is 6.12. The van der Waals surface area contributed by atoms with Crippen molar-refractivity contribution in [1.82, 2.24) is 20.5 Å². The fourth-order valence-electron chi connectivity index (χ4n) is 2.19. The van der Waals surface area contributed by atoms with Crippen LogP contribution in [0.3, 0.4) is 0 Å². The summed E-state index contributed by atoms with van der Waals surface area (Å²) in [6.07, 6.45) is 5.37. The number of hydrogen-bond acceptors (Lipinski definition) is 4. The van der Waals surface area contributed by atoms with E-state index in [1.807, 2.05) is 0 Å². The molecule has 6 heteroatoms. The van der Waals surface area contributed by atoms with Crippen LogP contribution in [-0.2, 0) is 0 Å². The molecule has 17 heavy (non-hydrogen) atoms. The van der Waals surface area contributed by atoms with Crippen LogP contribution in [0.25, 0.3) is 0 Å². The van der Waals surface area contributed by atoms with E-state index in [9.17, 15) is 4.79 Å². The lowest BCUT2D eigenvalue weighted by Crippen LogP contribution is -2.47. The lowest BCUT2D eigenvalue weighted by Gasteiger charge is -2.21. The SMILES string of the molecule is Cc1nc(C(=O)NC2CCCCCC2N)n[nH]1. The number of aromatic amines is 1. The Morgan fingerprint density at radius 1 is 1.41 bits per heavy atom. The molecule has 0 spiro atoms. The first-order chi connectivity index (χ1) is 8.16. The van der Waals surface area contributed by atoms with Gasteiger partial charge in [-0.05, 0) is 19.8 Å². The second-order valence-electron chi connectivity index (χ2n) is 4.63. The van der Waals surface area contributed by atoms with Gasteiger partial charge in [0, 0.05) is 12.1 Å². The van der Waals surface area contributed by atoms with Crippen molar-refractivity contribution in [2.45, 2.75) is 51.1 Å². The van der Waals surface area contributed by atoms with Crippen molar-refractivity contribution in [3.63, 3.8) is 0 Å². The predicted molar refractivity (Wildman–Crippen MR) is 63.4 cm³/mol. The molecule has 2 atom stereocenters. The average Bonchev–Trinajstić information content (AvgIpc) is 2.63. The Morgan fingerprint density at radius 3 is 2.88 bits per heavy atom. The van der Waals surface area contributed by atoms with Crippen LogP contribution in [0.15, 0.2) is 0 Å². The molecule has 2 rings (SSSR count). The summed E-state index contributed by atoms with van der Waals surface area (Å²) >= 11 is 0. The highest BCUT2D eigenvalue weighted by Crippen LogP contribution is 2.16. The van der Waals surface area contributed by atoms with Gasteiger partial charge in [-0.3, -0.25) is 9.89 Å². The van der Waals surface area contributed by atoms with E-state index in [0.717, 1.165) is 25.7 Å². The summed E-state index contributed by atoms with van der Waals surface area (Å²) in [6.45, 7) is 1.77. The number of rotatable bonds is 2. The molecule has 0 aromatic carbocycles. The molecule has 2 unspecified atom stereocenters. The predicted octanol–water partition coefficient (Wildman–Crippen LogP) is 0.503. The average molecular weight is 237 g/mol. The van der Waals surface area contributed by atoms with Crippen molar-refractivity contribution in [1.29, 1.82) is 0 Å². The number of amides is 1. The van der Waals surface area contributed by atoms with Gasteiger partial charge in [0.25, 0.3) is 5.91 Å². The maximum Gasteiger partial charge on any atom is 0.291 e. The second-order valence-corrected chi connectivity index (χ2v) is 4.63. The molecule has 1 fully saturated rings. The van der Waals surface area contributed by atoms with Gasteiger partial charge in [0.15, 0.2) is 0 Å². The molecule has 94 valence electrons. The van der Waals surface area contributed by atoms with Crippen LogP contribution in [0.5, 0.6) is 0 Å². The number of hydrogen-bond donors (Lipinski definition) is 3. The number of aryl methyl sites for hydroxylation is 1. The third-order valence-electron chi connectivity index (χ3n) is 3.19. The number of nitrogens with one attached hydrogen (secondary N) is 2. The zero-order valence-electron chi connectivity index (χ0n) is 10.1. The highest BCUT2D eigenvalue weighted by atomic mass is 16.2. The Balaban J connectivity index is 1.97. The molecular weight excluding hydrogens is 218 g/mol. The summed E-state index contributed by atoms with van der Waals surface area (Å²) in [5.41, 5.74) is 6.05. The van der Waals surface area contributed by atoms with Crippen LogP contribution >= 0.6 is 0 Å². The van der Waals surface area contributed by atoms with E-state index in [0.29, 0.717) is 5.82 Å². The van der Waals surface area contributed by atoms with Crippen molar-refractivity contribution >= 4 is 5.91 Å². The summed E-state index contributed by atoms with van der Waals surface area (Å²) < 4.78 is 0. The maximum absolute atomic E-state index is 11.9. The molecule has 4 N–H and O–H groups in total. The van der Waals surface area contributed by atoms with Gasteiger partial charge in [-0.15, -0.1) is 5.10 Å². The van der Waals surface area contributed by atoms with Gasteiger partial charge in [-0.25, -0.2) is 4.98 Å². The maximum atomic E-state index is 11.9. The molecule has 1 amide bonds. The quantitative estimate of drug-likeness (QED) is 0.653. The lowest BCUT2D eigenvalue weighted by atomic mass is 10.0. The van der Waals surface area contributed by atoms with Crippen molar-refractivity contribution < 1.29 is 4.79 Å². The van der Waals surface area contributed by atoms with Crippen LogP contribution in [0.1, 0.15) is 48.5 Å². The number of carbonyl (C=O) groups excluding carboxylic acids is 1. The molecule has 1 heterocycles. The molecule has 1 aliphatic carbocycles. The van der Waals surface area contributed by atoms with Gasteiger partial charge in [0.05, 0.1) is 0 Å². The summed E-state index contributed by atoms with van der Waals surface area (Å²) in [4.78, 5) is 15.9. The van der Waals surface area contributed by atoms with Crippen LogP contribution in [0, 0.1) is 6.92 Å². The van der Waals surface area contributed by atoms with Gasteiger partial charge >= 0.3 is 0 Å². The standard InChI is InChI=1S/C11H19N5O/c1-7-13-10(16-15-7)11(17)14-9-6-4-2-3-5-8(9)12/h8-9H,2-6,12H2,1H3,(H,14,17)(H,13,15,16). The van der Waals surface area contributed by atoms with E-state index in [4.69, 9.17) is 5.73 Å². The number of H-pyrrole nitrogens is 1. The van der Waals surface area contributed by atoms with Crippen LogP contribution in [0.2, 0.25) is 0 Å². The van der Waals surface area contributed by atoms with Crippen molar-refractivity contribution in [2.75, 3.05) is 0 Å². The summed E-state index contributed by atoms with van der Waals surface area (Å²) in [6, 6.07) is 0.0882. The van der Waals surface area contributed by atoms with Gasteiger partial charge in [-0.2, -0.15) is 0 Å². The van der Waals surface area contributed by atoms with E-state index in [2.05, 4.69) is 20.5 Å². The Kier molecular flexibility index (Phi) is 3.73. The van der Waals surface area contributed by atoms with E-state index >= 15 is 0 Å². The highest BCUT2D eigenvalue weighted by Gasteiger charge is 2.23. The topological polar surface area (TPSA) is 96.7 Å². The molecule has 0 saturated heterocycles. The molecule has 0 aliphatic heterocycles. The molecule has 1 saturated carbocycles. The van der Waals surface area contributed by atoms with Crippen molar-refractivity contribution in [2.24, 2.45) is 5.73 Å². The first-order valence-corrected chi connectivity index (χ1v) is 6.12. The molecule has 0 bridgehead atoms. The first kappa shape index (κ1) is 12.0. The Bertz CT molecular complexity index is 389. The second kappa shape index (κ2) is 5.27. The van der Waals surface area contributed by atoms with Gasteiger partial charge < -0.3 is 11.1 Å². The molecule has 1 aromatic rings. The molecule has 1 aliphatic rings. The fraction of sp³-hybridized carbons (Fsp3) is 0.727. The Labute approximate surface area is 100 Å². The molecule has 0 radical (unpaired) electrons. The van der Waals surface area contributed by atoms with Gasteiger partial charge in [0.1, 0.15) is 5.82 Å². The van der Waals surface area contributed by atoms with Crippen LogP contribution < -0.4 is 11.1 Å². The molecule has 6 nitrogen and oxygen atoms in total. The van der Waals surface area contributed by atoms with E-state index in [-0.39, 0.29) is 23.8 Å². The van der Waals surface area contributed by atoms with Crippen molar-refractivity contribution in [3.8, 4) is 0 Å². The number of nitrogens with zero attached hydrogens (tertiary/aromatic N) is 2. The largest absolute Gasteiger partial charge is 0.345 e. The Hall–Kier alpha value is -1.43. The van der Waals surface area contributed by atoms with E-state index < -0.39 is 0 Å². The fourth-order valence-corrected chi connectivity index (χ4v) is 2.19. The Morgan fingerprint density at radius 2 is 2.18 bits per heavy atom. The third-order valence-corrected chi connectivity index (χ3v) is 3.19. The number of aromatic nitrogens is 3. The minimum Gasteiger partial charge on any atom is -0.345 e. The zero-order valence-corrected chi connectivity index (χ0v) is 10.1. The minimum atomic E-state index is -0.239. The van der Waals surface area contributed by atoms with Gasteiger partial charge in [-0.1, -0.05) is 19.3 Å². The van der Waals surface area contributed by atoms with Crippen LogP contribution in [0.4, 0.5) is 0 Å². The number of nitrogens with two attached hydrogens (primary N) is 1. The number of carbonyl (C=O) groups is 1. The molecular formula is C11H19N5O. The summed E-state index contributed by atoms with van der Waals surface area (Å²) in [5, 5.41) is 9.43. The normalized spacial score (nSPS) is 25.3. The monoisotopic (exact) mass is 237 g/mol. The van der Waals surface area contributed by atoms with Crippen molar-refractivity contribution in [3.05, 3.63) is 11.6 Å². The zero-order chi connectivity index (χ0) is 12.3. The summed E-state index contributed by atoms with van der Waals surface area (Å²) in [5.74, 6) is 0.593.